The van der Waals surface area contributed by atoms with E-state index in [1.165, 1.54) is 10.7 Å². The molecule has 134 valence electrons. The first-order valence-electron chi connectivity index (χ1n) is 7.44. The summed E-state index contributed by atoms with van der Waals surface area (Å²) < 4.78 is 32.7. The molecule has 0 saturated heterocycles. The van der Waals surface area contributed by atoms with Gasteiger partial charge in [0.1, 0.15) is 17.3 Å². The number of hydrogen-bond donors (Lipinski definition) is 1. The van der Waals surface area contributed by atoms with Gasteiger partial charge in [0.2, 0.25) is 11.6 Å². The van der Waals surface area contributed by atoms with Crippen LogP contribution in [0.3, 0.4) is 0 Å². The van der Waals surface area contributed by atoms with Crippen LogP contribution in [0.5, 0.6) is 0 Å². The lowest BCUT2D eigenvalue weighted by Crippen LogP contribution is -2.05. The molecule has 0 radical (unpaired) electrons. The molecule has 3 aromatic rings. The summed E-state index contributed by atoms with van der Waals surface area (Å²) in [6.45, 7) is 4.97. The van der Waals surface area contributed by atoms with Gasteiger partial charge in [0, 0.05) is 11.6 Å². The molecule has 0 bridgehead atoms. The van der Waals surface area contributed by atoms with Crippen molar-refractivity contribution >= 4 is 17.2 Å². The largest absolute Gasteiger partial charge is 0.378 e. The molecule has 9 nitrogen and oxygen atoms in total. The Morgan fingerprint density at radius 1 is 1.15 bits per heavy atom. The molecule has 2 heterocycles. The monoisotopic (exact) mass is 360 g/mol. The maximum atomic E-state index is 13.8. The zero-order valence-electron chi connectivity index (χ0n) is 14.1. The molecular formula is C15H14F2N8O. The molecule has 0 aliphatic rings. The minimum Gasteiger partial charge on any atom is -0.378 e. The van der Waals surface area contributed by atoms with Gasteiger partial charge in [0.25, 0.3) is 0 Å². The Kier molecular flexibility index (Phi) is 4.52. The second kappa shape index (κ2) is 6.78. The summed E-state index contributed by atoms with van der Waals surface area (Å²) in [5.74, 6) is -1.09. The van der Waals surface area contributed by atoms with Crippen molar-refractivity contribution in [2.24, 2.45) is 10.2 Å². The molecule has 26 heavy (non-hydrogen) atoms. The van der Waals surface area contributed by atoms with Gasteiger partial charge in [-0.25, -0.2) is 13.4 Å². The Hall–Kier alpha value is -3.50. The fraction of sp³-hybridized carbons (Fsp3) is 0.200. The SMILES string of the molecule is CC(=NN=C(C)c1nnn(-c2nonc2N)c1C)c1ccc(F)cc1F. The highest BCUT2D eigenvalue weighted by atomic mass is 19.1. The first-order valence-corrected chi connectivity index (χ1v) is 7.44. The number of aromatic nitrogens is 5. The standard InChI is InChI=1S/C15H14F2N8O/c1-7(11-5-4-10(16)6-12(11)17)19-20-8(2)13-9(3)25(24-21-13)15-14(18)22-26-23-15/h4-6H,1-3H3,(H2,18,22). The summed E-state index contributed by atoms with van der Waals surface area (Å²) in [4.78, 5) is 0. The van der Waals surface area contributed by atoms with Crippen molar-refractivity contribution in [1.29, 1.82) is 0 Å². The van der Waals surface area contributed by atoms with Crippen molar-refractivity contribution in [2.75, 3.05) is 5.73 Å². The second-order valence-electron chi connectivity index (χ2n) is 5.40. The third-order valence-corrected chi connectivity index (χ3v) is 3.60. The van der Waals surface area contributed by atoms with Crippen LogP contribution in [0.1, 0.15) is 30.8 Å². The second-order valence-corrected chi connectivity index (χ2v) is 5.40. The summed E-state index contributed by atoms with van der Waals surface area (Å²) in [6, 6.07) is 3.24. The van der Waals surface area contributed by atoms with Gasteiger partial charge < -0.3 is 5.73 Å². The van der Waals surface area contributed by atoms with Gasteiger partial charge in [0.15, 0.2) is 0 Å². The summed E-state index contributed by atoms with van der Waals surface area (Å²) in [7, 11) is 0. The van der Waals surface area contributed by atoms with Gasteiger partial charge in [-0.15, -0.1) is 5.10 Å². The summed E-state index contributed by atoms with van der Waals surface area (Å²) in [5.41, 5.74) is 7.57. The highest BCUT2D eigenvalue weighted by Gasteiger charge is 2.18. The highest BCUT2D eigenvalue weighted by molar-refractivity contribution is 6.01. The van der Waals surface area contributed by atoms with Crippen molar-refractivity contribution in [2.45, 2.75) is 20.8 Å². The average Bonchev–Trinajstić information content (AvgIpc) is 3.17. The van der Waals surface area contributed by atoms with Crippen LogP contribution in [0.4, 0.5) is 14.6 Å². The number of anilines is 1. The predicted octanol–water partition coefficient (Wildman–Crippen LogP) is 2.05. The van der Waals surface area contributed by atoms with Gasteiger partial charge in [-0.2, -0.15) is 14.9 Å². The highest BCUT2D eigenvalue weighted by Crippen LogP contribution is 2.15. The van der Waals surface area contributed by atoms with Crippen molar-refractivity contribution in [3.05, 3.63) is 46.8 Å². The van der Waals surface area contributed by atoms with E-state index in [0.29, 0.717) is 17.1 Å². The number of rotatable bonds is 4. The molecule has 11 heteroatoms. The van der Waals surface area contributed by atoms with Gasteiger partial charge >= 0.3 is 0 Å². The predicted molar refractivity (Wildman–Crippen MR) is 89.1 cm³/mol. The summed E-state index contributed by atoms with van der Waals surface area (Å²) in [6.07, 6.45) is 0. The summed E-state index contributed by atoms with van der Waals surface area (Å²) in [5, 5.41) is 23.1. The topological polar surface area (TPSA) is 120 Å². The molecule has 2 N–H and O–H groups in total. The Labute approximate surface area is 146 Å². The Morgan fingerprint density at radius 2 is 1.88 bits per heavy atom. The van der Waals surface area contributed by atoms with Crippen molar-refractivity contribution in [3.63, 3.8) is 0 Å². The lowest BCUT2D eigenvalue weighted by molar-refractivity contribution is 0.306. The fourth-order valence-corrected chi connectivity index (χ4v) is 2.24. The number of nitrogens with two attached hydrogens (primary N) is 1. The van der Waals surface area contributed by atoms with Gasteiger partial charge in [-0.05, 0) is 43.2 Å². The van der Waals surface area contributed by atoms with Crippen LogP contribution in [0.15, 0.2) is 33.0 Å². The molecule has 0 fully saturated rings. The van der Waals surface area contributed by atoms with Crippen LogP contribution in [0.25, 0.3) is 5.82 Å². The smallest absolute Gasteiger partial charge is 0.243 e. The first kappa shape index (κ1) is 17.3. The molecule has 0 aliphatic heterocycles. The quantitative estimate of drug-likeness (QED) is 0.561. The number of halogens is 2. The van der Waals surface area contributed by atoms with E-state index in [1.807, 2.05) is 0 Å². The van der Waals surface area contributed by atoms with Crippen LogP contribution in [0.2, 0.25) is 0 Å². The molecule has 0 atom stereocenters. The van der Waals surface area contributed by atoms with E-state index in [1.54, 1.807) is 20.8 Å². The van der Waals surface area contributed by atoms with Gasteiger partial charge in [-0.1, -0.05) is 5.21 Å². The lowest BCUT2D eigenvalue weighted by atomic mass is 10.1. The minimum atomic E-state index is -0.713. The molecule has 0 amide bonds. The van der Waals surface area contributed by atoms with Crippen molar-refractivity contribution in [1.82, 2.24) is 25.3 Å². The van der Waals surface area contributed by atoms with E-state index in [0.717, 1.165) is 12.1 Å². The Morgan fingerprint density at radius 3 is 2.54 bits per heavy atom. The molecule has 3 rings (SSSR count). The minimum absolute atomic E-state index is 0.0693. The van der Waals surface area contributed by atoms with Crippen molar-refractivity contribution in [3.8, 4) is 5.82 Å². The molecule has 2 aromatic heterocycles. The fourth-order valence-electron chi connectivity index (χ4n) is 2.24. The van der Waals surface area contributed by atoms with E-state index in [9.17, 15) is 8.78 Å². The Balaban J connectivity index is 1.91. The van der Waals surface area contributed by atoms with Gasteiger partial charge in [-0.3, -0.25) is 0 Å². The van der Waals surface area contributed by atoms with E-state index in [-0.39, 0.29) is 22.9 Å². The van der Waals surface area contributed by atoms with Crippen LogP contribution in [0, 0.1) is 18.6 Å². The third-order valence-electron chi connectivity index (χ3n) is 3.60. The van der Waals surface area contributed by atoms with Gasteiger partial charge in [0.05, 0.1) is 17.1 Å². The lowest BCUT2D eigenvalue weighted by Gasteiger charge is -2.02. The zero-order valence-corrected chi connectivity index (χ0v) is 14.1. The molecule has 1 aromatic carbocycles. The third kappa shape index (κ3) is 3.18. The zero-order chi connectivity index (χ0) is 18.8. The average molecular weight is 360 g/mol. The van der Waals surface area contributed by atoms with E-state index < -0.39 is 11.6 Å². The molecule has 0 aliphatic carbocycles. The molecule has 0 unspecified atom stereocenters. The van der Waals surface area contributed by atoms with Crippen molar-refractivity contribution < 1.29 is 13.4 Å². The van der Waals surface area contributed by atoms with E-state index >= 15 is 0 Å². The normalized spacial score (nSPS) is 12.7. The van der Waals surface area contributed by atoms with Crippen LogP contribution in [-0.2, 0) is 0 Å². The van der Waals surface area contributed by atoms with E-state index in [4.69, 9.17) is 5.73 Å². The first-order chi connectivity index (χ1) is 12.4. The summed E-state index contributed by atoms with van der Waals surface area (Å²) >= 11 is 0. The van der Waals surface area contributed by atoms with Crippen LogP contribution < -0.4 is 5.73 Å². The van der Waals surface area contributed by atoms with Crippen LogP contribution in [-0.4, -0.2) is 36.7 Å². The Bertz CT molecular complexity index is 1020. The molecule has 0 spiro atoms. The maximum Gasteiger partial charge on any atom is 0.243 e. The van der Waals surface area contributed by atoms with Crippen LogP contribution >= 0.6 is 0 Å². The number of nitrogen functional groups attached to an aromatic ring is 1. The number of nitrogens with zero attached hydrogens (tertiary/aromatic N) is 7. The number of benzene rings is 1. The molecular weight excluding hydrogens is 346 g/mol. The van der Waals surface area contributed by atoms with E-state index in [2.05, 4.69) is 35.5 Å². The number of hydrogen-bond acceptors (Lipinski definition) is 8. The maximum absolute atomic E-state index is 13.8. The molecule has 0 saturated carbocycles.